The highest BCUT2D eigenvalue weighted by atomic mass is 16.3. The topological polar surface area (TPSA) is 70.6 Å². The lowest BCUT2D eigenvalue weighted by Crippen LogP contribution is -2.36. The number of rotatable bonds is 10. The predicted octanol–water partition coefficient (Wildman–Crippen LogP) is 3.53. The van der Waals surface area contributed by atoms with Crippen molar-refractivity contribution in [2.75, 3.05) is 6.54 Å². The molecule has 4 heteroatoms. The Morgan fingerprint density at radius 3 is 2.48 bits per heavy atom. The lowest BCUT2D eigenvalue weighted by molar-refractivity contribution is 0.173. The van der Waals surface area contributed by atoms with Crippen LogP contribution < -0.4 is 11.1 Å². The van der Waals surface area contributed by atoms with Gasteiger partial charge in [0.15, 0.2) is 0 Å². The van der Waals surface area contributed by atoms with E-state index in [9.17, 15) is 5.11 Å². The Labute approximate surface area is 140 Å². The molecular weight excluding hydrogens is 286 g/mol. The highest BCUT2D eigenvalue weighted by Crippen LogP contribution is 2.17. The maximum absolute atomic E-state index is 10.3. The number of aliphatic hydroxyl groups excluding tert-OH is 1. The molecule has 0 aliphatic rings. The summed E-state index contributed by atoms with van der Waals surface area (Å²) in [5.41, 5.74) is 8.77. The fourth-order valence-corrected chi connectivity index (χ4v) is 2.27. The molecule has 0 bridgehead atoms. The van der Waals surface area contributed by atoms with Crippen LogP contribution in [-0.4, -0.2) is 23.6 Å². The number of nitrogens with one attached hydrogen (secondary N) is 1. The largest absolute Gasteiger partial charge is 0.387 e. The van der Waals surface area contributed by atoms with Crippen molar-refractivity contribution in [3.8, 4) is 0 Å². The third-order valence-electron chi connectivity index (χ3n) is 3.91. The van der Waals surface area contributed by atoms with Crippen LogP contribution in [0.15, 0.2) is 41.5 Å². The molecule has 23 heavy (non-hydrogen) atoms. The summed E-state index contributed by atoms with van der Waals surface area (Å²) in [6.45, 7) is 10.9. The summed E-state index contributed by atoms with van der Waals surface area (Å²) in [6, 6.07) is 8.07. The molecule has 0 saturated heterocycles. The summed E-state index contributed by atoms with van der Waals surface area (Å²) in [4.78, 5) is 4.43. The number of unbranched alkanes of at least 4 members (excludes halogenated alkanes) is 1. The minimum absolute atomic E-state index is 0.285. The van der Waals surface area contributed by atoms with Crippen LogP contribution in [0.25, 0.3) is 0 Å². The number of aryl methyl sites for hydroxylation is 1. The number of hydrogen-bond donors (Lipinski definition) is 3. The fourth-order valence-electron chi connectivity index (χ4n) is 2.27. The van der Waals surface area contributed by atoms with Crippen molar-refractivity contribution in [1.29, 1.82) is 0 Å². The summed E-state index contributed by atoms with van der Waals surface area (Å²) in [5.74, 6) is 0.131. The summed E-state index contributed by atoms with van der Waals surface area (Å²) in [7, 11) is 0. The number of benzene rings is 1. The highest BCUT2D eigenvalue weighted by Gasteiger charge is 2.20. The van der Waals surface area contributed by atoms with Gasteiger partial charge in [-0.1, -0.05) is 52.3 Å². The van der Waals surface area contributed by atoms with Crippen LogP contribution in [0, 0.1) is 5.92 Å². The van der Waals surface area contributed by atoms with Gasteiger partial charge in [-0.15, -0.1) is 0 Å². The molecule has 1 aromatic carbocycles. The normalized spacial score (nSPS) is 14.3. The minimum Gasteiger partial charge on any atom is -0.387 e. The maximum Gasteiger partial charge on any atom is 0.105 e. The molecule has 128 valence electrons. The van der Waals surface area contributed by atoms with Gasteiger partial charge in [-0.2, -0.15) is 0 Å². The van der Waals surface area contributed by atoms with Gasteiger partial charge >= 0.3 is 0 Å². The molecular formula is C19H31N3O. The Bertz CT molecular complexity index is 508. The smallest absolute Gasteiger partial charge is 0.105 e. The van der Waals surface area contributed by atoms with Crippen LogP contribution >= 0.6 is 0 Å². The van der Waals surface area contributed by atoms with Gasteiger partial charge in [-0.3, -0.25) is 0 Å². The van der Waals surface area contributed by atoms with Crippen LogP contribution in [0.3, 0.4) is 0 Å². The second kappa shape index (κ2) is 10.1. The molecule has 2 atom stereocenters. The average molecular weight is 317 g/mol. The molecule has 0 fully saturated rings. The third-order valence-corrected chi connectivity index (χ3v) is 3.91. The van der Waals surface area contributed by atoms with Gasteiger partial charge in [0.05, 0.1) is 5.69 Å². The predicted molar refractivity (Wildman–Crippen MR) is 98.9 cm³/mol. The van der Waals surface area contributed by atoms with E-state index in [-0.39, 0.29) is 5.92 Å². The van der Waals surface area contributed by atoms with Crippen LogP contribution in [0.1, 0.15) is 45.6 Å². The summed E-state index contributed by atoms with van der Waals surface area (Å²) in [6.07, 6.45) is 3.60. The highest BCUT2D eigenvalue weighted by molar-refractivity contribution is 5.85. The first-order valence-corrected chi connectivity index (χ1v) is 8.53. The molecule has 0 heterocycles. The number of amidine groups is 1. The van der Waals surface area contributed by atoms with Gasteiger partial charge in [0.25, 0.3) is 0 Å². The molecule has 0 spiro atoms. The molecule has 0 aliphatic heterocycles. The Hall–Kier alpha value is -1.81. The van der Waals surface area contributed by atoms with Crippen molar-refractivity contribution in [2.45, 2.75) is 52.6 Å². The van der Waals surface area contributed by atoms with Crippen molar-refractivity contribution in [1.82, 2.24) is 5.32 Å². The quantitative estimate of drug-likeness (QED) is 0.351. The maximum atomic E-state index is 10.3. The van der Waals surface area contributed by atoms with Gasteiger partial charge in [-0.05, 0) is 30.5 Å². The van der Waals surface area contributed by atoms with E-state index in [1.54, 1.807) is 0 Å². The first-order valence-electron chi connectivity index (χ1n) is 8.53. The Morgan fingerprint density at radius 1 is 1.26 bits per heavy atom. The lowest BCUT2D eigenvalue weighted by Gasteiger charge is -2.21. The molecule has 2 unspecified atom stereocenters. The Balaban J connectivity index is 2.66. The number of nitrogens with zero attached hydrogens (tertiary/aromatic N) is 1. The van der Waals surface area contributed by atoms with Crippen LogP contribution in [0.2, 0.25) is 0 Å². The van der Waals surface area contributed by atoms with E-state index >= 15 is 0 Å². The van der Waals surface area contributed by atoms with E-state index in [0.717, 1.165) is 37.9 Å². The van der Waals surface area contributed by atoms with Crippen molar-refractivity contribution in [3.63, 3.8) is 0 Å². The molecule has 4 N–H and O–H groups in total. The van der Waals surface area contributed by atoms with Crippen LogP contribution in [0.5, 0.6) is 0 Å². The molecule has 1 rings (SSSR count). The monoisotopic (exact) mass is 317 g/mol. The van der Waals surface area contributed by atoms with E-state index in [4.69, 9.17) is 5.73 Å². The van der Waals surface area contributed by atoms with Crippen molar-refractivity contribution < 1.29 is 5.11 Å². The van der Waals surface area contributed by atoms with Crippen molar-refractivity contribution >= 4 is 11.5 Å². The van der Waals surface area contributed by atoms with E-state index < -0.39 is 6.10 Å². The zero-order valence-corrected chi connectivity index (χ0v) is 14.7. The Morgan fingerprint density at radius 2 is 1.91 bits per heavy atom. The van der Waals surface area contributed by atoms with Crippen molar-refractivity contribution in [2.24, 2.45) is 16.6 Å². The number of aliphatic imine (C=N–C) groups is 1. The van der Waals surface area contributed by atoms with E-state index in [2.05, 4.69) is 42.9 Å². The van der Waals surface area contributed by atoms with Crippen LogP contribution in [0.4, 0.5) is 5.69 Å². The van der Waals surface area contributed by atoms with Crippen molar-refractivity contribution in [3.05, 3.63) is 42.1 Å². The molecule has 0 aromatic heterocycles. The number of aliphatic hydroxyl groups is 1. The standard InChI is InChI=1S/C19H31N3O/c1-5-7-13-21-15(4)18(23)14(3)19(20)22-17-11-9-16(8-6-2)10-12-17/h9-12,14,18,21,23H,4-8,13H2,1-3H3,(H2,20,22). The first-order chi connectivity index (χ1) is 11.0. The molecule has 0 amide bonds. The second-order valence-electron chi connectivity index (χ2n) is 5.99. The minimum atomic E-state index is -0.741. The summed E-state index contributed by atoms with van der Waals surface area (Å²) in [5, 5.41) is 13.5. The second-order valence-corrected chi connectivity index (χ2v) is 5.99. The third kappa shape index (κ3) is 6.45. The van der Waals surface area contributed by atoms with Crippen LogP contribution in [-0.2, 0) is 6.42 Å². The molecule has 4 nitrogen and oxygen atoms in total. The molecule has 1 aromatic rings. The SMILES string of the molecule is C=C(NCCCC)C(O)C(C)C(N)=Nc1ccc(CCC)cc1. The molecule has 0 radical (unpaired) electrons. The summed E-state index contributed by atoms with van der Waals surface area (Å²) >= 11 is 0. The van der Waals surface area contributed by atoms with E-state index in [0.29, 0.717) is 11.5 Å². The average Bonchev–Trinajstić information content (AvgIpc) is 2.55. The van der Waals surface area contributed by atoms with Gasteiger partial charge < -0.3 is 16.2 Å². The van der Waals surface area contributed by atoms with E-state index in [1.165, 1.54) is 5.56 Å². The number of hydrogen-bond acceptors (Lipinski definition) is 3. The molecule has 0 saturated carbocycles. The summed E-state index contributed by atoms with van der Waals surface area (Å²) < 4.78 is 0. The Kier molecular flexibility index (Phi) is 8.41. The van der Waals surface area contributed by atoms with Gasteiger partial charge in [0.1, 0.15) is 11.9 Å². The molecule has 0 aliphatic carbocycles. The van der Waals surface area contributed by atoms with Gasteiger partial charge in [0, 0.05) is 18.2 Å². The number of nitrogens with two attached hydrogens (primary N) is 1. The fraction of sp³-hybridized carbons (Fsp3) is 0.526. The first kappa shape index (κ1) is 19.2. The van der Waals surface area contributed by atoms with E-state index in [1.807, 2.05) is 19.1 Å². The van der Waals surface area contributed by atoms with Gasteiger partial charge in [0.2, 0.25) is 0 Å². The lowest BCUT2D eigenvalue weighted by atomic mass is 10.0. The van der Waals surface area contributed by atoms with Gasteiger partial charge in [-0.25, -0.2) is 4.99 Å². The zero-order chi connectivity index (χ0) is 17.2. The zero-order valence-electron chi connectivity index (χ0n) is 14.7.